The minimum absolute atomic E-state index is 0.00679. The lowest BCUT2D eigenvalue weighted by atomic mass is 9.88. The number of carbonyl (C=O) groups is 3. The molecule has 0 radical (unpaired) electrons. The van der Waals surface area contributed by atoms with Crippen LogP contribution in [0.3, 0.4) is 0 Å². The monoisotopic (exact) mass is 925 g/mol. The van der Waals surface area contributed by atoms with Crippen LogP contribution >= 0.6 is 7.82 Å². The number of rotatable bonds is 41. The Bertz CT molecular complexity index is 1390. The molecule has 0 aromatic carbocycles. The van der Waals surface area contributed by atoms with E-state index in [1.807, 2.05) is 21.1 Å². The van der Waals surface area contributed by atoms with Crippen molar-refractivity contribution in [1.29, 1.82) is 0 Å². The maximum atomic E-state index is 12.8. The lowest BCUT2D eigenvalue weighted by molar-refractivity contribution is -0.870. The molecule has 0 saturated heterocycles. The highest BCUT2D eigenvalue weighted by Crippen LogP contribution is 2.43. The van der Waals surface area contributed by atoms with E-state index in [2.05, 4.69) is 50.3 Å². The molecule has 0 aromatic rings. The van der Waals surface area contributed by atoms with Crippen molar-refractivity contribution in [1.82, 2.24) is 0 Å². The molecule has 1 unspecified atom stereocenters. The summed E-state index contributed by atoms with van der Waals surface area (Å²) >= 11 is 0. The highest BCUT2D eigenvalue weighted by Gasteiger charge is 2.39. The Kier molecular flexibility index (Phi) is 35.0. The lowest BCUT2D eigenvalue weighted by Crippen LogP contribution is -2.37. The van der Waals surface area contributed by atoms with Crippen LogP contribution in [0.15, 0.2) is 48.6 Å². The fourth-order valence-corrected chi connectivity index (χ4v) is 8.25. The molecule has 0 bridgehead atoms. The number of likely N-dealkylation sites (N-methyl/N-ethyl adjacent to an activating group) is 1. The van der Waals surface area contributed by atoms with Gasteiger partial charge in [0.25, 0.3) is 0 Å². The average molecular weight is 925 g/mol. The molecule has 1 fully saturated rings. The zero-order valence-corrected chi connectivity index (χ0v) is 41.6. The van der Waals surface area contributed by atoms with Gasteiger partial charge in [0, 0.05) is 25.2 Å². The largest absolute Gasteiger partial charge is 0.472 e. The van der Waals surface area contributed by atoms with E-state index in [1.54, 1.807) is 12.2 Å². The number of nitrogens with zero attached hydrogens (tertiary/aromatic N) is 1. The Morgan fingerprint density at radius 2 is 1.28 bits per heavy atom. The Hall–Kier alpha value is -2.44. The smallest absolute Gasteiger partial charge is 0.462 e. The number of ketones is 1. The third-order valence-corrected chi connectivity index (χ3v) is 12.5. The van der Waals surface area contributed by atoms with Gasteiger partial charge in [0.2, 0.25) is 0 Å². The van der Waals surface area contributed by atoms with E-state index in [-0.39, 0.29) is 50.1 Å². The number of esters is 2. The quantitative estimate of drug-likeness (QED) is 0.0176. The van der Waals surface area contributed by atoms with Crippen molar-refractivity contribution < 1.29 is 57.1 Å². The molecule has 1 saturated carbocycles. The van der Waals surface area contributed by atoms with Crippen LogP contribution in [-0.2, 0) is 37.5 Å². The number of aliphatic hydroxyl groups excluding tert-OH is 2. The number of ether oxygens (including phenoxy) is 2. The van der Waals surface area contributed by atoms with Gasteiger partial charge in [0.05, 0.1) is 40.0 Å². The maximum absolute atomic E-state index is 12.8. The number of aliphatic hydroxyl groups is 2. The standard InChI is InChI=1S/C51H90NO11P/c1-6-8-10-11-12-13-14-15-16-17-18-19-20-21-22-23-24-25-26-32-36-51(57)63-45(43-62-64(58,59)61-40-39-52(3,4)5)42-60-50(56)35-31-28-27-30-34-46-47(49(55)41-48(46)54)38-37-44(53)33-29-9-7-2/h13-14,16-17,19-20,37-38,44-48,53-54H,6-12,15,18,21-36,39-43H2,1-5H3/p+1/b14-13-,17-16-,20-19-,38-37+/t44-,45+,46+,47+,48-/m0/s1. The van der Waals surface area contributed by atoms with Gasteiger partial charge >= 0.3 is 19.8 Å². The maximum Gasteiger partial charge on any atom is 0.472 e. The van der Waals surface area contributed by atoms with E-state index in [1.165, 1.54) is 32.1 Å². The molecule has 1 aliphatic carbocycles. The summed E-state index contributed by atoms with van der Waals surface area (Å²) < 4.78 is 34.4. The number of allylic oxidation sites excluding steroid dienone is 7. The number of hydrogen-bond acceptors (Lipinski definition) is 10. The van der Waals surface area contributed by atoms with Crippen molar-refractivity contribution in [3.8, 4) is 0 Å². The van der Waals surface area contributed by atoms with Crippen LogP contribution in [0.1, 0.15) is 181 Å². The molecule has 12 nitrogen and oxygen atoms in total. The van der Waals surface area contributed by atoms with Crippen LogP contribution in [0, 0.1) is 11.8 Å². The number of phosphoric acid groups is 1. The lowest BCUT2D eigenvalue weighted by Gasteiger charge is -2.24. The molecular weight excluding hydrogens is 834 g/mol. The Balaban J connectivity index is 2.42. The second kappa shape index (κ2) is 37.6. The fraction of sp³-hybridized carbons (Fsp3) is 0.784. The summed E-state index contributed by atoms with van der Waals surface area (Å²) in [4.78, 5) is 48.3. The van der Waals surface area contributed by atoms with Crippen molar-refractivity contribution >= 4 is 25.5 Å². The van der Waals surface area contributed by atoms with Crippen LogP contribution in [0.2, 0.25) is 0 Å². The van der Waals surface area contributed by atoms with Crippen LogP contribution in [0.5, 0.6) is 0 Å². The first-order valence-corrected chi connectivity index (χ1v) is 26.5. The fourth-order valence-electron chi connectivity index (χ4n) is 7.51. The van der Waals surface area contributed by atoms with E-state index in [9.17, 15) is 34.1 Å². The summed E-state index contributed by atoms with van der Waals surface area (Å²) in [6, 6.07) is 0. The van der Waals surface area contributed by atoms with Gasteiger partial charge < -0.3 is 29.1 Å². The normalized spacial score (nSPS) is 19.1. The molecule has 6 atom stereocenters. The number of carbonyl (C=O) groups excluding carboxylic acids is 3. The second-order valence-corrected chi connectivity index (χ2v) is 20.1. The Labute approximate surface area is 388 Å². The Morgan fingerprint density at radius 1 is 0.734 bits per heavy atom. The number of quaternary nitrogens is 1. The first-order valence-electron chi connectivity index (χ1n) is 25.0. The molecule has 0 aliphatic heterocycles. The molecule has 370 valence electrons. The van der Waals surface area contributed by atoms with Gasteiger partial charge in [-0.05, 0) is 70.1 Å². The predicted molar refractivity (Wildman–Crippen MR) is 257 cm³/mol. The van der Waals surface area contributed by atoms with Gasteiger partial charge in [-0.2, -0.15) is 0 Å². The molecule has 1 rings (SSSR count). The van der Waals surface area contributed by atoms with E-state index < -0.39 is 44.7 Å². The molecule has 3 N–H and O–H groups in total. The van der Waals surface area contributed by atoms with Crippen molar-refractivity contribution in [2.75, 3.05) is 47.5 Å². The highest BCUT2D eigenvalue weighted by atomic mass is 31.2. The summed E-state index contributed by atoms with van der Waals surface area (Å²) in [6.45, 7) is 4.02. The van der Waals surface area contributed by atoms with Gasteiger partial charge in [-0.1, -0.05) is 146 Å². The molecule has 1 aliphatic rings. The van der Waals surface area contributed by atoms with Crippen LogP contribution in [0.4, 0.5) is 0 Å². The van der Waals surface area contributed by atoms with Crippen LogP contribution < -0.4 is 0 Å². The van der Waals surface area contributed by atoms with Crippen LogP contribution in [-0.4, -0.2) is 103 Å². The van der Waals surface area contributed by atoms with E-state index in [0.717, 1.165) is 89.9 Å². The van der Waals surface area contributed by atoms with Crippen molar-refractivity contribution in [2.24, 2.45) is 11.8 Å². The number of hydrogen-bond donors (Lipinski definition) is 3. The zero-order chi connectivity index (χ0) is 47.3. The third-order valence-electron chi connectivity index (χ3n) is 11.5. The Morgan fingerprint density at radius 3 is 1.91 bits per heavy atom. The molecule has 0 aromatic heterocycles. The van der Waals surface area contributed by atoms with Gasteiger partial charge in [-0.25, -0.2) is 4.57 Å². The molecule has 0 amide bonds. The zero-order valence-electron chi connectivity index (χ0n) is 40.7. The summed E-state index contributed by atoms with van der Waals surface area (Å²) in [5.41, 5.74) is 0. The van der Waals surface area contributed by atoms with E-state index in [0.29, 0.717) is 36.7 Å². The SMILES string of the molecule is CCCCCC/C=C\C/C=C\C/C=C\CCCCCCCCC(=O)O[C@H](COC(=O)CCCCCC[C@H]1[C@@H](O)CC(=O)[C@@H]1/C=C/[C@@H](O)CCCCC)COP(=O)(O)OCC[N+](C)(C)C. The minimum Gasteiger partial charge on any atom is -0.462 e. The van der Waals surface area contributed by atoms with Crippen molar-refractivity contribution in [3.63, 3.8) is 0 Å². The molecule has 13 heteroatoms. The first kappa shape index (κ1) is 59.6. The van der Waals surface area contributed by atoms with Gasteiger partial charge in [0.15, 0.2) is 6.10 Å². The average Bonchev–Trinajstić information content (AvgIpc) is 3.51. The third kappa shape index (κ3) is 34.0. The summed E-state index contributed by atoms with van der Waals surface area (Å²) in [6.07, 6.45) is 37.7. The topological polar surface area (TPSA) is 166 Å². The highest BCUT2D eigenvalue weighted by molar-refractivity contribution is 7.47. The summed E-state index contributed by atoms with van der Waals surface area (Å²) in [7, 11) is 1.33. The summed E-state index contributed by atoms with van der Waals surface area (Å²) in [5.74, 6) is -1.53. The van der Waals surface area contributed by atoms with E-state index in [4.69, 9.17) is 18.5 Å². The van der Waals surface area contributed by atoms with E-state index >= 15 is 0 Å². The minimum atomic E-state index is -4.44. The number of unbranched alkanes of at least 4 members (excludes halogenated alkanes) is 15. The predicted octanol–water partition coefficient (Wildman–Crippen LogP) is 11.2. The van der Waals surface area contributed by atoms with Crippen molar-refractivity contribution in [2.45, 2.75) is 199 Å². The molecule has 0 spiro atoms. The van der Waals surface area contributed by atoms with Crippen LogP contribution in [0.25, 0.3) is 0 Å². The van der Waals surface area contributed by atoms with Gasteiger partial charge in [-0.15, -0.1) is 0 Å². The molecular formula is C51H91NO11P+. The van der Waals surface area contributed by atoms with Crippen molar-refractivity contribution in [3.05, 3.63) is 48.6 Å². The van der Waals surface area contributed by atoms with Gasteiger partial charge in [-0.3, -0.25) is 23.4 Å². The number of phosphoric ester groups is 1. The summed E-state index contributed by atoms with van der Waals surface area (Å²) in [5, 5.41) is 20.8. The number of Topliss-reactive ketones (excluding diaryl/α,β-unsaturated/α-hetero) is 1. The first-order chi connectivity index (χ1) is 30.7. The van der Waals surface area contributed by atoms with Gasteiger partial charge in [0.1, 0.15) is 25.5 Å². The molecule has 64 heavy (non-hydrogen) atoms. The second-order valence-electron chi connectivity index (χ2n) is 18.6. The molecule has 0 heterocycles.